The van der Waals surface area contributed by atoms with E-state index in [1.54, 1.807) is 0 Å². The predicted molar refractivity (Wildman–Crippen MR) is 122 cm³/mol. The van der Waals surface area contributed by atoms with Crippen molar-refractivity contribution in [3.05, 3.63) is 64.9 Å². The number of rotatable bonds is 3. The second-order valence-corrected chi connectivity index (χ2v) is 11.2. The van der Waals surface area contributed by atoms with Crippen LogP contribution in [0.4, 0.5) is 0 Å². The normalized spacial score (nSPS) is 13.6. The minimum absolute atomic E-state index is 0.0287. The number of fused-ring (bicyclic) bond motifs is 3. The standard InChI is InChI=1S/C27H36O2/c1-25(2,3)23(26(4,5)6)24(27(7,8)9)29-28-22-16-12-15-20-19-14-11-10-13-18(19)17-21(20)22/h10-16H,17H2,1-9H3. The zero-order valence-electron chi connectivity index (χ0n) is 19.6. The molecular weight excluding hydrogens is 356 g/mol. The van der Waals surface area contributed by atoms with Crippen LogP contribution in [0, 0.1) is 16.2 Å². The van der Waals surface area contributed by atoms with Crippen LogP contribution < -0.4 is 4.89 Å². The highest BCUT2D eigenvalue weighted by molar-refractivity contribution is 5.78. The Morgan fingerprint density at radius 2 is 1.28 bits per heavy atom. The van der Waals surface area contributed by atoms with Gasteiger partial charge in [-0.2, -0.15) is 0 Å². The molecule has 0 aliphatic heterocycles. The summed E-state index contributed by atoms with van der Waals surface area (Å²) in [5.41, 5.74) is 6.15. The molecule has 1 aliphatic rings. The van der Waals surface area contributed by atoms with Crippen LogP contribution in [-0.2, 0) is 11.3 Å². The van der Waals surface area contributed by atoms with Crippen molar-refractivity contribution in [3.8, 4) is 16.9 Å². The third-order valence-corrected chi connectivity index (χ3v) is 5.43. The van der Waals surface area contributed by atoms with Crippen molar-refractivity contribution in [1.29, 1.82) is 0 Å². The van der Waals surface area contributed by atoms with Gasteiger partial charge in [-0.15, -0.1) is 0 Å². The molecule has 0 radical (unpaired) electrons. The van der Waals surface area contributed by atoms with E-state index in [0.29, 0.717) is 0 Å². The molecule has 3 rings (SSSR count). The molecule has 0 saturated heterocycles. The van der Waals surface area contributed by atoms with Crippen molar-refractivity contribution in [2.45, 2.75) is 68.7 Å². The molecule has 0 unspecified atom stereocenters. The van der Waals surface area contributed by atoms with E-state index in [0.717, 1.165) is 17.9 Å². The molecule has 0 fully saturated rings. The van der Waals surface area contributed by atoms with E-state index in [2.05, 4.69) is 98.7 Å². The number of benzene rings is 2. The van der Waals surface area contributed by atoms with E-state index in [4.69, 9.17) is 9.78 Å². The number of allylic oxidation sites excluding steroid dienone is 2. The highest BCUT2D eigenvalue weighted by Crippen LogP contribution is 2.47. The van der Waals surface area contributed by atoms with Crippen LogP contribution in [0.15, 0.2) is 53.8 Å². The van der Waals surface area contributed by atoms with Gasteiger partial charge in [0.25, 0.3) is 0 Å². The second kappa shape index (κ2) is 7.23. The lowest BCUT2D eigenvalue weighted by atomic mass is 9.68. The predicted octanol–water partition coefficient (Wildman–Crippen LogP) is 7.96. The first-order valence-corrected chi connectivity index (χ1v) is 10.6. The van der Waals surface area contributed by atoms with Gasteiger partial charge in [-0.25, -0.2) is 0 Å². The van der Waals surface area contributed by atoms with Gasteiger partial charge in [0.1, 0.15) is 0 Å². The topological polar surface area (TPSA) is 18.5 Å². The third kappa shape index (κ3) is 4.37. The van der Waals surface area contributed by atoms with E-state index in [-0.39, 0.29) is 16.2 Å². The van der Waals surface area contributed by atoms with E-state index in [9.17, 15) is 0 Å². The molecule has 0 heterocycles. The van der Waals surface area contributed by atoms with Crippen molar-refractivity contribution < 1.29 is 9.78 Å². The fourth-order valence-electron chi connectivity index (χ4n) is 4.64. The maximum atomic E-state index is 6.21. The first kappa shape index (κ1) is 21.5. The lowest BCUT2D eigenvalue weighted by molar-refractivity contribution is -0.185. The lowest BCUT2D eigenvalue weighted by Gasteiger charge is -2.38. The molecule has 29 heavy (non-hydrogen) atoms. The third-order valence-electron chi connectivity index (χ3n) is 5.43. The highest BCUT2D eigenvalue weighted by atomic mass is 17.2. The van der Waals surface area contributed by atoms with Crippen molar-refractivity contribution >= 4 is 0 Å². The number of hydrogen-bond donors (Lipinski definition) is 0. The summed E-state index contributed by atoms with van der Waals surface area (Å²) in [7, 11) is 0. The van der Waals surface area contributed by atoms with Gasteiger partial charge in [0, 0.05) is 17.4 Å². The Morgan fingerprint density at radius 1 is 0.690 bits per heavy atom. The zero-order valence-corrected chi connectivity index (χ0v) is 19.6. The van der Waals surface area contributed by atoms with Crippen LogP contribution in [0.2, 0.25) is 0 Å². The molecule has 0 N–H and O–H groups in total. The summed E-state index contributed by atoms with van der Waals surface area (Å²) < 4.78 is 0. The molecule has 0 spiro atoms. The fourth-order valence-corrected chi connectivity index (χ4v) is 4.64. The first-order chi connectivity index (χ1) is 13.3. The molecule has 156 valence electrons. The Labute approximate surface area is 176 Å². The minimum Gasteiger partial charge on any atom is -0.294 e. The van der Waals surface area contributed by atoms with Crippen molar-refractivity contribution in [3.63, 3.8) is 0 Å². The van der Waals surface area contributed by atoms with Gasteiger partial charge in [0.15, 0.2) is 11.5 Å². The average Bonchev–Trinajstić information content (AvgIpc) is 2.94. The van der Waals surface area contributed by atoms with Crippen LogP contribution in [0.3, 0.4) is 0 Å². The summed E-state index contributed by atoms with van der Waals surface area (Å²) in [5.74, 6) is 1.73. The SMILES string of the molecule is CC(C)(C)C(OOc1cccc2c1Cc1ccccc1-2)=C(C(C)(C)C)C(C)(C)C. The summed E-state index contributed by atoms with van der Waals surface area (Å²) in [6.07, 6.45) is 0.880. The maximum Gasteiger partial charge on any atom is 0.182 e. The summed E-state index contributed by atoms with van der Waals surface area (Å²) in [5, 5.41) is 0. The van der Waals surface area contributed by atoms with Crippen molar-refractivity contribution in [1.82, 2.24) is 0 Å². The Kier molecular flexibility index (Phi) is 5.36. The van der Waals surface area contributed by atoms with Crippen LogP contribution in [0.5, 0.6) is 5.75 Å². The zero-order chi connectivity index (χ0) is 21.6. The summed E-state index contributed by atoms with van der Waals surface area (Å²) in [4.78, 5) is 12.3. The Morgan fingerprint density at radius 3 is 1.86 bits per heavy atom. The molecule has 0 amide bonds. The van der Waals surface area contributed by atoms with E-state index >= 15 is 0 Å². The van der Waals surface area contributed by atoms with Gasteiger partial charge < -0.3 is 0 Å². The van der Waals surface area contributed by atoms with Crippen LogP contribution >= 0.6 is 0 Å². The first-order valence-electron chi connectivity index (χ1n) is 10.6. The summed E-state index contributed by atoms with van der Waals surface area (Å²) in [6.45, 7) is 20.1. The molecule has 2 aromatic carbocycles. The van der Waals surface area contributed by atoms with E-state index in [1.807, 2.05) is 6.07 Å². The average molecular weight is 393 g/mol. The van der Waals surface area contributed by atoms with Gasteiger partial charge in [-0.3, -0.25) is 9.78 Å². The highest BCUT2D eigenvalue weighted by Gasteiger charge is 2.37. The van der Waals surface area contributed by atoms with E-state index in [1.165, 1.54) is 27.8 Å². The molecule has 0 atom stereocenters. The molecule has 2 aromatic rings. The molecule has 1 aliphatic carbocycles. The Bertz CT molecular complexity index is 912. The van der Waals surface area contributed by atoms with E-state index < -0.39 is 0 Å². The molecule has 2 heteroatoms. The molecule has 0 bridgehead atoms. The quantitative estimate of drug-likeness (QED) is 0.256. The van der Waals surface area contributed by atoms with Crippen molar-refractivity contribution in [2.75, 3.05) is 0 Å². The Hall–Kier alpha value is -2.22. The molecule has 0 saturated carbocycles. The van der Waals surface area contributed by atoms with Gasteiger partial charge in [-0.1, -0.05) is 98.7 Å². The van der Waals surface area contributed by atoms with Gasteiger partial charge in [-0.05, 0) is 39.2 Å². The molecule has 2 nitrogen and oxygen atoms in total. The smallest absolute Gasteiger partial charge is 0.182 e. The Balaban J connectivity index is 2.00. The van der Waals surface area contributed by atoms with Gasteiger partial charge in [0.05, 0.1) is 0 Å². The lowest BCUT2D eigenvalue weighted by Crippen LogP contribution is -2.30. The van der Waals surface area contributed by atoms with Gasteiger partial charge >= 0.3 is 0 Å². The number of hydrogen-bond acceptors (Lipinski definition) is 2. The monoisotopic (exact) mass is 392 g/mol. The minimum atomic E-state index is -0.170. The maximum absolute atomic E-state index is 6.21. The molecule has 0 aromatic heterocycles. The van der Waals surface area contributed by atoms with Crippen LogP contribution in [0.25, 0.3) is 11.1 Å². The van der Waals surface area contributed by atoms with Crippen LogP contribution in [-0.4, -0.2) is 0 Å². The summed E-state index contributed by atoms with van der Waals surface area (Å²) >= 11 is 0. The van der Waals surface area contributed by atoms with Gasteiger partial charge in [0.2, 0.25) is 0 Å². The summed E-state index contributed by atoms with van der Waals surface area (Å²) in [6, 6.07) is 14.8. The fraction of sp³-hybridized carbons (Fsp3) is 0.481. The van der Waals surface area contributed by atoms with Crippen molar-refractivity contribution in [2.24, 2.45) is 16.2 Å². The van der Waals surface area contributed by atoms with Crippen LogP contribution in [0.1, 0.15) is 73.4 Å². The largest absolute Gasteiger partial charge is 0.294 e. The second-order valence-electron chi connectivity index (χ2n) is 11.2. The molecular formula is C27H36O2.